The van der Waals surface area contributed by atoms with Crippen LogP contribution < -0.4 is 0 Å². The van der Waals surface area contributed by atoms with Crippen LogP contribution in [0.3, 0.4) is 0 Å². The molecule has 0 radical (unpaired) electrons. The Hall–Kier alpha value is -0.980. The lowest BCUT2D eigenvalue weighted by Crippen LogP contribution is -2.47. The zero-order valence-electron chi connectivity index (χ0n) is 10.6. The van der Waals surface area contributed by atoms with Gasteiger partial charge in [0.2, 0.25) is 0 Å². The highest BCUT2D eigenvalue weighted by Gasteiger charge is 2.31. The molecule has 19 heavy (non-hydrogen) atoms. The lowest BCUT2D eigenvalue weighted by Gasteiger charge is -2.36. The molecule has 1 fully saturated rings. The van der Waals surface area contributed by atoms with Crippen LogP contribution in [0.15, 0.2) is 22.7 Å². The smallest absolute Gasteiger partial charge is 0.325 e. The van der Waals surface area contributed by atoms with Gasteiger partial charge in [0.05, 0.1) is 0 Å². The Labute approximate surface area is 119 Å². The third-order valence-electron chi connectivity index (χ3n) is 3.39. The Morgan fingerprint density at radius 3 is 2.58 bits per heavy atom. The number of carbonyl (C=O) groups is 1. The van der Waals surface area contributed by atoms with Crippen LogP contribution in [-0.4, -0.2) is 54.1 Å². The average molecular weight is 331 g/mol. The number of hydrogen-bond donors (Lipinski definition) is 1. The van der Waals surface area contributed by atoms with E-state index in [2.05, 4.69) is 20.8 Å². The van der Waals surface area contributed by atoms with Crippen molar-refractivity contribution in [3.63, 3.8) is 0 Å². The fourth-order valence-electron chi connectivity index (χ4n) is 2.29. The SMILES string of the molecule is CN1CCN(C(C(=O)O)c2cc(F)ccc2Br)CC1. The molecule has 1 aromatic carbocycles. The van der Waals surface area contributed by atoms with Gasteiger partial charge in [0.15, 0.2) is 0 Å². The van der Waals surface area contributed by atoms with Gasteiger partial charge in [-0.25, -0.2) is 4.39 Å². The summed E-state index contributed by atoms with van der Waals surface area (Å²) >= 11 is 3.31. The average Bonchev–Trinajstić information content (AvgIpc) is 2.36. The van der Waals surface area contributed by atoms with E-state index in [1.165, 1.54) is 12.1 Å². The van der Waals surface area contributed by atoms with E-state index in [1.54, 1.807) is 6.07 Å². The lowest BCUT2D eigenvalue weighted by molar-refractivity contribution is -0.144. The molecule has 1 atom stereocenters. The summed E-state index contributed by atoms with van der Waals surface area (Å²) in [5, 5.41) is 9.46. The van der Waals surface area contributed by atoms with Gasteiger partial charge in [0, 0.05) is 30.7 Å². The van der Waals surface area contributed by atoms with Gasteiger partial charge in [-0.15, -0.1) is 0 Å². The molecule has 104 valence electrons. The first-order valence-electron chi connectivity index (χ1n) is 6.09. The molecule has 0 bridgehead atoms. The summed E-state index contributed by atoms with van der Waals surface area (Å²) in [5.41, 5.74) is 0.469. The molecule has 1 saturated heterocycles. The minimum Gasteiger partial charge on any atom is -0.480 e. The highest BCUT2D eigenvalue weighted by molar-refractivity contribution is 9.10. The van der Waals surface area contributed by atoms with Crippen molar-refractivity contribution in [1.29, 1.82) is 0 Å². The summed E-state index contributed by atoms with van der Waals surface area (Å²) in [6.07, 6.45) is 0. The number of piperazine rings is 1. The first-order chi connectivity index (χ1) is 8.99. The highest BCUT2D eigenvalue weighted by atomic mass is 79.9. The van der Waals surface area contributed by atoms with Crippen molar-refractivity contribution in [3.05, 3.63) is 34.1 Å². The van der Waals surface area contributed by atoms with E-state index in [0.29, 0.717) is 23.1 Å². The molecule has 1 heterocycles. The molecule has 4 nitrogen and oxygen atoms in total. The molecule has 1 unspecified atom stereocenters. The van der Waals surface area contributed by atoms with E-state index in [1.807, 2.05) is 11.9 Å². The molecule has 6 heteroatoms. The van der Waals surface area contributed by atoms with Crippen molar-refractivity contribution in [1.82, 2.24) is 9.80 Å². The van der Waals surface area contributed by atoms with Crippen molar-refractivity contribution in [3.8, 4) is 0 Å². The zero-order valence-corrected chi connectivity index (χ0v) is 12.2. The summed E-state index contributed by atoms with van der Waals surface area (Å²) in [6.45, 7) is 2.96. The van der Waals surface area contributed by atoms with E-state index in [-0.39, 0.29) is 0 Å². The van der Waals surface area contributed by atoms with Crippen LogP contribution in [-0.2, 0) is 4.79 Å². The molecular formula is C13H16BrFN2O2. The van der Waals surface area contributed by atoms with Crippen LogP contribution in [0.5, 0.6) is 0 Å². The minimum absolute atomic E-state index is 0.418. The highest BCUT2D eigenvalue weighted by Crippen LogP contribution is 2.29. The van der Waals surface area contributed by atoms with Crippen LogP contribution in [0.4, 0.5) is 4.39 Å². The second-order valence-corrected chi connectivity index (χ2v) is 5.60. The number of benzene rings is 1. The molecule has 1 aliphatic rings. The standard InChI is InChI=1S/C13H16BrFN2O2/c1-16-4-6-17(7-5-16)12(13(18)19)10-8-9(15)2-3-11(10)14/h2-3,8,12H,4-7H2,1H3,(H,18,19). The van der Waals surface area contributed by atoms with E-state index in [0.717, 1.165) is 13.1 Å². The quantitative estimate of drug-likeness (QED) is 0.920. The second-order valence-electron chi connectivity index (χ2n) is 4.75. The number of carboxylic acid groups (broad SMARTS) is 1. The maximum atomic E-state index is 13.4. The molecule has 1 N–H and O–H groups in total. The summed E-state index contributed by atoms with van der Waals surface area (Å²) < 4.78 is 14.0. The number of carboxylic acids is 1. The Morgan fingerprint density at radius 1 is 1.37 bits per heavy atom. The largest absolute Gasteiger partial charge is 0.480 e. The number of hydrogen-bond acceptors (Lipinski definition) is 3. The third-order valence-corrected chi connectivity index (χ3v) is 4.11. The molecule has 1 aromatic rings. The summed E-state index contributed by atoms with van der Waals surface area (Å²) in [7, 11) is 2.01. The molecule has 0 spiro atoms. The molecule has 0 aromatic heterocycles. The zero-order chi connectivity index (χ0) is 14.0. The summed E-state index contributed by atoms with van der Waals surface area (Å²) in [5.74, 6) is -1.37. The molecule has 1 aliphatic heterocycles. The van der Waals surface area contributed by atoms with Gasteiger partial charge in [-0.1, -0.05) is 15.9 Å². The lowest BCUT2D eigenvalue weighted by atomic mass is 10.0. The molecule has 0 aliphatic carbocycles. The van der Waals surface area contributed by atoms with Gasteiger partial charge < -0.3 is 10.0 Å². The molecule has 0 saturated carbocycles. The normalized spacial score (nSPS) is 19.3. The van der Waals surface area contributed by atoms with Crippen molar-refractivity contribution in [2.75, 3.05) is 33.2 Å². The fourth-order valence-corrected chi connectivity index (χ4v) is 2.75. The van der Waals surface area contributed by atoms with Crippen LogP contribution in [0.2, 0.25) is 0 Å². The van der Waals surface area contributed by atoms with Gasteiger partial charge >= 0.3 is 5.97 Å². The van der Waals surface area contributed by atoms with Crippen LogP contribution in [0.1, 0.15) is 11.6 Å². The Kier molecular flexibility index (Phi) is 4.54. The van der Waals surface area contributed by atoms with Crippen molar-refractivity contribution >= 4 is 21.9 Å². The summed E-state index contributed by atoms with van der Waals surface area (Å²) in [4.78, 5) is 15.6. The molecule has 2 rings (SSSR count). The Bertz CT molecular complexity index is 476. The maximum absolute atomic E-state index is 13.4. The Morgan fingerprint density at radius 2 is 2.00 bits per heavy atom. The van der Waals surface area contributed by atoms with Gasteiger partial charge in [0.1, 0.15) is 11.9 Å². The van der Waals surface area contributed by atoms with Crippen molar-refractivity contribution in [2.45, 2.75) is 6.04 Å². The number of aliphatic carboxylic acids is 1. The predicted molar refractivity (Wildman–Crippen MR) is 73.5 cm³/mol. The van der Waals surface area contributed by atoms with Gasteiger partial charge in [-0.05, 0) is 30.8 Å². The number of nitrogens with zero attached hydrogens (tertiary/aromatic N) is 2. The second kappa shape index (κ2) is 5.98. The Balaban J connectivity index is 2.30. The predicted octanol–water partition coefficient (Wildman–Crippen LogP) is 1.96. The summed E-state index contributed by atoms with van der Waals surface area (Å²) in [6, 6.07) is 3.35. The number of rotatable bonds is 3. The maximum Gasteiger partial charge on any atom is 0.325 e. The van der Waals surface area contributed by atoms with E-state index in [4.69, 9.17) is 0 Å². The van der Waals surface area contributed by atoms with Crippen LogP contribution in [0.25, 0.3) is 0 Å². The van der Waals surface area contributed by atoms with Gasteiger partial charge in [-0.2, -0.15) is 0 Å². The first kappa shape index (κ1) is 14.4. The van der Waals surface area contributed by atoms with Gasteiger partial charge in [-0.3, -0.25) is 9.69 Å². The number of likely N-dealkylation sites (N-methyl/N-ethyl adjacent to an activating group) is 1. The topological polar surface area (TPSA) is 43.8 Å². The molecule has 0 amide bonds. The van der Waals surface area contributed by atoms with E-state index >= 15 is 0 Å². The number of halogens is 2. The van der Waals surface area contributed by atoms with E-state index in [9.17, 15) is 14.3 Å². The third kappa shape index (κ3) is 3.32. The van der Waals surface area contributed by atoms with Crippen molar-refractivity contribution in [2.24, 2.45) is 0 Å². The van der Waals surface area contributed by atoms with Crippen LogP contribution in [0, 0.1) is 5.82 Å². The van der Waals surface area contributed by atoms with Crippen LogP contribution >= 0.6 is 15.9 Å². The van der Waals surface area contributed by atoms with Crippen molar-refractivity contribution < 1.29 is 14.3 Å². The monoisotopic (exact) mass is 330 g/mol. The fraction of sp³-hybridized carbons (Fsp3) is 0.462. The van der Waals surface area contributed by atoms with E-state index < -0.39 is 17.8 Å². The first-order valence-corrected chi connectivity index (χ1v) is 6.88. The molecular weight excluding hydrogens is 315 g/mol. The minimum atomic E-state index is -0.948. The van der Waals surface area contributed by atoms with Gasteiger partial charge in [0.25, 0.3) is 0 Å².